The number of esters is 1. The summed E-state index contributed by atoms with van der Waals surface area (Å²) in [5.74, 6) is 1.33. The Bertz CT molecular complexity index is 1030. The summed E-state index contributed by atoms with van der Waals surface area (Å²) in [5, 5.41) is 15.3. The molecule has 134 valence electrons. The highest BCUT2D eigenvalue weighted by Gasteiger charge is 2.08. The number of ether oxygens (including phenoxy) is 1. The molecule has 7 nitrogen and oxygen atoms in total. The highest BCUT2D eigenvalue weighted by Crippen LogP contribution is 2.21. The molecule has 2 aromatic carbocycles. The summed E-state index contributed by atoms with van der Waals surface area (Å²) in [6.45, 7) is 1.78. The quantitative estimate of drug-likeness (QED) is 0.666. The van der Waals surface area contributed by atoms with Crippen LogP contribution in [0, 0.1) is 18.3 Å². The topological polar surface area (TPSA) is 99.9 Å². The fourth-order valence-corrected chi connectivity index (χ4v) is 2.50. The van der Waals surface area contributed by atoms with Crippen molar-refractivity contribution < 1.29 is 9.53 Å². The zero-order chi connectivity index (χ0) is 19.2. The molecule has 0 aliphatic heterocycles. The van der Waals surface area contributed by atoms with Gasteiger partial charge in [-0.2, -0.15) is 5.26 Å². The third-order valence-corrected chi connectivity index (χ3v) is 3.66. The molecule has 0 unspecified atom stereocenters. The largest absolute Gasteiger partial charge is 0.465 e. The lowest BCUT2D eigenvalue weighted by Gasteiger charge is -2.11. The first-order valence-corrected chi connectivity index (χ1v) is 8.15. The summed E-state index contributed by atoms with van der Waals surface area (Å²) < 4.78 is 4.74. The van der Waals surface area contributed by atoms with Gasteiger partial charge in [0.1, 0.15) is 17.5 Å². The van der Waals surface area contributed by atoms with Crippen LogP contribution in [0.25, 0.3) is 0 Å². The van der Waals surface area contributed by atoms with Crippen molar-refractivity contribution in [1.29, 1.82) is 5.26 Å². The zero-order valence-corrected chi connectivity index (χ0v) is 14.9. The van der Waals surface area contributed by atoms with Crippen LogP contribution in [0.1, 0.15) is 21.7 Å². The minimum atomic E-state index is -0.405. The highest BCUT2D eigenvalue weighted by molar-refractivity contribution is 5.90. The molecule has 0 fully saturated rings. The van der Waals surface area contributed by atoms with Crippen LogP contribution in [-0.2, 0) is 4.74 Å². The van der Waals surface area contributed by atoms with Crippen LogP contribution in [0.2, 0.25) is 0 Å². The zero-order valence-electron chi connectivity index (χ0n) is 14.9. The molecule has 27 heavy (non-hydrogen) atoms. The van der Waals surface area contributed by atoms with Crippen molar-refractivity contribution in [1.82, 2.24) is 9.97 Å². The smallest absolute Gasteiger partial charge is 0.337 e. The van der Waals surface area contributed by atoms with Gasteiger partial charge in [-0.15, -0.1) is 0 Å². The third kappa shape index (κ3) is 4.58. The molecule has 0 bridgehead atoms. The van der Waals surface area contributed by atoms with E-state index in [9.17, 15) is 4.79 Å². The normalized spacial score (nSPS) is 9.96. The molecule has 0 saturated carbocycles. The molecule has 7 heteroatoms. The number of nitrogens with one attached hydrogen (secondary N) is 2. The standard InChI is InChI=1S/C20H17N5O2/c1-13-22-18(24-16-7-3-5-14(9-16)12-21)11-19(23-13)25-17-8-4-6-15(10-17)20(26)27-2/h3-11H,1-2H3,(H2,22,23,24,25). The van der Waals surface area contributed by atoms with Gasteiger partial charge in [-0.3, -0.25) is 0 Å². The summed E-state index contributed by atoms with van der Waals surface area (Å²) in [6, 6.07) is 17.9. The van der Waals surface area contributed by atoms with Crippen molar-refractivity contribution in [2.75, 3.05) is 17.7 Å². The predicted molar refractivity (Wildman–Crippen MR) is 102 cm³/mol. The number of rotatable bonds is 5. The van der Waals surface area contributed by atoms with Gasteiger partial charge in [-0.1, -0.05) is 12.1 Å². The van der Waals surface area contributed by atoms with Gasteiger partial charge >= 0.3 is 5.97 Å². The lowest BCUT2D eigenvalue weighted by atomic mass is 10.2. The van der Waals surface area contributed by atoms with Gasteiger partial charge < -0.3 is 15.4 Å². The molecule has 2 N–H and O–H groups in total. The number of aromatic nitrogens is 2. The van der Waals surface area contributed by atoms with Gasteiger partial charge in [0.25, 0.3) is 0 Å². The monoisotopic (exact) mass is 359 g/mol. The molecule has 3 rings (SSSR count). The Morgan fingerprint density at radius 3 is 2.26 bits per heavy atom. The van der Waals surface area contributed by atoms with Crippen molar-refractivity contribution >= 4 is 29.0 Å². The van der Waals surface area contributed by atoms with Crippen molar-refractivity contribution in [3.05, 3.63) is 71.5 Å². The van der Waals surface area contributed by atoms with E-state index in [0.717, 1.165) is 5.69 Å². The Morgan fingerprint density at radius 2 is 1.63 bits per heavy atom. The maximum atomic E-state index is 11.7. The minimum Gasteiger partial charge on any atom is -0.465 e. The molecular formula is C20H17N5O2. The van der Waals surface area contributed by atoms with Gasteiger partial charge in [0.15, 0.2) is 0 Å². The Labute approximate surface area is 156 Å². The van der Waals surface area contributed by atoms with Crippen LogP contribution in [0.15, 0.2) is 54.6 Å². The number of anilines is 4. The number of aryl methyl sites for hydroxylation is 1. The molecule has 0 amide bonds. The van der Waals surface area contributed by atoms with Crippen LogP contribution < -0.4 is 10.6 Å². The average molecular weight is 359 g/mol. The van der Waals surface area contributed by atoms with Crippen molar-refractivity contribution in [2.24, 2.45) is 0 Å². The number of hydrogen-bond acceptors (Lipinski definition) is 7. The molecule has 0 radical (unpaired) electrons. The third-order valence-electron chi connectivity index (χ3n) is 3.66. The lowest BCUT2D eigenvalue weighted by Crippen LogP contribution is -2.04. The summed E-state index contributed by atoms with van der Waals surface area (Å²) >= 11 is 0. The number of hydrogen-bond donors (Lipinski definition) is 2. The number of benzene rings is 2. The molecule has 0 aliphatic carbocycles. The molecule has 0 spiro atoms. The fraction of sp³-hybridized carbons (Fsp3) is 0.100. The summed E-state index contributed by atoms with van der Waals surface area (Å²) in [4.78, 5) is 20.4. The summed E-state index contributed by atoms with van der Waals surface area (Å²) in [6.07, 6.45) is 0. The SMILES string of the molecule is COC(=O)c1cccc(Nc2cc(Nc3cccc(C#N)c3)nc(C)n2)c1. The van der Waals surface area contributed by atoms with Gasteiger partial charge in [-0.05, 0) is 43.3 Å². The van der Waals surface area contributed by atoms with Crippen molar-refractivity contribution in [3.8, 4) is 6.07 Å². The second kappa shape index (κ2) is 7.97. The first-order valence-electron chi connectivity index (χ1n) is 8.15. The van der Waals surface area contributed by atoms with E-state index in [1.165, 1.54) is 7.11 Å². The van der Waals surface area contributed by atoms with Crippen LogP contribution in [0.5, 0.6) is 0 Å². The molecule has 3 aromatic rings. The molecule has 0 atom stereocenters. The van der Waals surface area contributed by atoms with Gasteiger partial charge in [0, 0.05) is 17.4 Å². The van der Waals surface area contributed by atoms with Gasteiger partial charge in [0.05, 0.1) is 24.3 Å². The number of carbonyl (C=O) groups is 1. The fourth-order valence-electron chi connectivity index (χ4n) is 2.50. The van der Waals surface area contributed by atoms with E-state index in [1.54, 1.807) is 49.4 Å². The number of methoxy groups -OCH3 is 1. The van der Waals surface area contributed by atoms with E-state index in [2.05, 4.69) is 26.7 Å². The van der Waals surface area contributed by atoms with Crippen LogP contribution in [-0.4, -0.2) is 23.0 Å². The van der Waals surface area contributed by atoms with Gasteiger partial charge in [-0.25, -0.2) is 14.8 Å². The van der Waals surface area contributed by atoms with Gasteiger partial charge in [0.2, 0.25) is 0 Å². The number of nitrogens with zero attached hydrogens (tertiary/aromatic N) is 3. The summed E-state index contributed by atoms with van der Waals surface area (Å²) in [5.41, 5.74) is 2.46. The summed E-state index contributed by atoms with van der Waals surface area (Å²) in [7, 11) is 1.34. The van der Waals surface area contributed by atoms with E-state index in [1.807, 2.05) is 12.1 Å². The maximum absolute atomic E-state index is 11.7. The van der Waals surface area contributed by atoms with Crippen molar-refractivity contribution in [2.45, 2.75) is 6.92 Å². The first kappa shape index (κ1) is 17.9. The Balaban J connectivity index is 1.83. The predicted octanol–water partition coefficient (Wildman–Crippen LogP) is 3.93. The second-order valence-corrected chi connectivity index (χ2v) is 5.70. The van der Waals surface area contributed by atoms with E-state index >= 15 is 0 Å². The van der Waals surface area contributed by atoms with E-state index in [0.29, 0.717) is 34.3 Å². The second-order valence-electron chi connectivity index (χ2n) is 5.70. The average Bonchev–Trinajstić information content (AvgIpc) is 2.67. The number of carbonyl (C=O) groups excluding carboxylic acids is 1. The van der Waals surface area contributed by atoms with Crippen LogP contribution in [0.3, 0.4) is 0 Å². The molecule has 1 aromatic heterocycles. The van der Waals surface area contributed by atoms with Crippen molar-refractivity contribution in [3.63, 3.8) is 0 Å². The van der Waals surface area contributed by atoms with Crippen LogP contribution >= 0.6 is 0 Å². The minimum absolute atomic E-state index is 0.405. The van der Waals surface area contributed by atoms with Crippen LogP contribution in [0.4, 0.5) is 23.0 Å². The van der Waals surface area contributed by atoms with E-state index < -0.39 is 5.97 Å². The lowest BCUT2D eigenvalue weighted by molar-refractivity contribution is 0.0601. The first-order chi connectivity index (χ1) is 13.1. The Morgan fingerprint density at radius 1 is 1.00 bits per heavy atom. The Kier molecular flexibility index (Phi) is 5.28. The molecule has 0 saturated heterocycles. The molecule has 0 aliphatic rings. The number of nitriles is 1. The molecule has 1 heterocycles. The highest BCUT2D eigenvalue weighted by atomic mass is 16.5. The van der Waals surface area contributed by atoms with E-state index in [-0.39, 0.29) is 0 Å². The van der Waals surface area contributed by atoms with E-state index in [4.69, 9.17) is 10.00 Å². The maximum Gasteiger partial charge on any atom is 0.337 e. The molecular weight excluding hydrogens is 342 g/mol. The Hall–Kier alpha value is -3.92.